The molecule has 0 bridgehead atoms. The minimum absolute atomic E-state index is 0.222. The lowest BCUT2D eigenvalue weighted by molar-refractivity contribution is 0.860. The number of thiophene rings is 1. The van der Waals surface area contributed by atoms with Crippen LogP contribution in [-0.4, -0.2) is 9.55 Å². The summed E-state index contributed by atoms with van der Waals surface area (Å²) in [5.74, 6) is 0.740. The van der Waals surface area contributed by atoms with Gasteiger partial charge >= 0.3 is 0 Å². The average Bonchev–Trinajstić information content (AvgIpc) is 3.17. The lowest BCUT2D eigenvalue weighted by Crippen LogP contribution is -2.12. The van der Waals surface area contributed by atoms with Gasteiger partial charge in [0, 0.05) is 32.1 Å². The zero-order chi connectivity index (χ0) is 17.1. The van der Waals surface area contributed by atoms with Crippen molar-refractivity contribution in [2.75, 3.05) is 0 Å². The van der Waals surface area contributed by atoms with E-state index in [0.717, 1.165) is 33.9 Å². The molecule has 0 saturated heterocycles. The van der Waals surface area contributed by atoms with Crippen LogP contribution in [0.3, 0.4) is 0 Å². The lowest BCUT2D eigenvalue weighted by Gasteiger charge is -2.06. The number of aromatic nitrogens is 2. The Hall–Kier alpha value is -2.14. The van der Waals surface area contributed by atoms with E-state index in [1.165, 1.54) is 5.56 Å². The summed E-state index contributed by atoms with van der Waals surface area (Å²) in [7, 11) is 0. The molecule has 2 aromatic carbocycles. The summed E-state index contributed by atoms with van der Waals surface area (Å²) < 4.78 is 2.11. The van der Waals surface area contributed by atoms with Gasteiger partial charge in [-0.1, -0.05) is 53.5 Å². The molecule has 0 radical (unpaired) electrons. The Morgan fingerprint density at radius 1 is 1.04 bits per heavy atom. The Morgan fingerprint density at radius 2 is 1.88 bits per heavy atom. The second-order valence-corrected chi connectivity index (χ2v) is 7.64. The third kappa shape index (κ3) is 2.18. The third-order valence-corrected chi connectivity index (χ3v) is 6.05. The standard InChI is InChI=1S/C19H10Cl2N2OS/c20-11-5-6-13(15(21)7-11)14-9-25-19-16(14)18(24)22-17-12-4-2-1-3-10(12)8-23(17)19/h1-7,9H,8H2. The average molecular weight is 385 g/mol. The van der Waals surface area contributed by atoms with E-state index in [9.17, 15) is 4.79 Å². The summed E-state index contributed by atoms with van der Waals surface area (Å²) in [6, 6.07) is 13.4. The SMILES string of the molecule is O=c1nc2n(c3scc(-c4ccc(Cl)cc4Cl)c13)Cc1ccccc1-2. The first-order chi connectivity index (χ1) is 12.1. The molecule has 4 aromatic rings. The quantitative estimate of drug-likeness (QED) is 0.384. The number of hydrogen-bond donors (Lipinski definition) is 0. The van der Waals surface area contributed by atoms with Gasteiger partial charge in [-0.05, 0) is 17.7 Å². The maximum Gasteiger partial charge on any atom is 0.282 e. The van der Waals surface area contributed by atoms with Gasteiger partial charge in [0.05, 0.1) is 11.9 Å². The Labute approximate surface area is 157 Å². The van der Waals surface area contributed by atoms with Crippen molar-refractivity contribution in [3.8, 4) is 22.5 Å². The van der Waals surface area contributed by atoms with E-state index in [-0.39, 0.29) is 5.56 Å². The topological polar surface area (TPSA) is 34.9 Å². The molecule has 3 nitrogen and oxygen atoms in total. The third-order valence-electron chi connectivity index (χ3n) is 4.50. The van der Waals surface area contributed by atoms with Crippen molar-refractivity contribution in [3.05, 3.63) is 73.8 Å². The highest BCUT2D eigenvalue weighted by Crippen LogP contribution is 2.40. The number of fused-ring (bicyclic) bond motifs is 5. The van der Waals surface area contributed by atoms with E-state index in [1.807, 2.05) is 29.6 Å². The molecule has 1 aliphatic heterocycles. The molecule has 0 spiro atoms. The zero-order valence-electron chi connectivity index (χ0n) is 12.8. The van der Waals surface area contributed by atoms with E-state index in [4.69, 9.17) is 23.2 Å². The Kier molecular flexibility index (Phi) is 3.29. The molecule has 0 amide bonds. The fraction of sp³-hybridized carbons (Fsp3) is 0.0526. The first-order valence-electron chi connectivity index (χ1n) is 7.69. The molecule has 6 heteroatoms. The molecule has 122 valence electrons. The van der Waals surface area contributed by atoms with Gasteiger partial charge in [0.2, 0.25) is 0 Å². The molecule has 0 aliphatic carbocycles. The minimum Gasteiger partial charge on any atom is -0.312 e. The highest BCUT2D eigenvalue weighted by Gasteiger charge is 2.24. The van der Waals surface area contributed by atoms with Crippen molar-refractivity contribution in [2.24, 2.45) is 0 Å². The summed E-state index contributed by atoms with van der Waals surface area (Å²) in [4.78, 5) is 18.1. The minimum atomic E-state index is -0.222. The van der Waals surface area contributed by atoms with Gasteiger partial charge < -0.3 is 4.57 Å². The summed E-state index contributed by atoms with van der Waals surface area (Å²) in [5, 5.41) is 3.68. The molecular formula is C19H10Cl2N2OS. The zero-order valence-corrected chi connectivity index (χ0v) is 15.1. The van der Waals surface area contributed by atoms with E-state index in [2.05, 4.69) is 15.6 Å². The molecular weight excluding hydrogens is 375 g/mol. The van der Waals surface area contributed by atoms with Gasteiger partial charge in [-0.25, -0.2) is 0 Å². The van der Waals surface area contributed by atoms with Gasteiger partial charge in [-0.2, -0.15) is 4.98 Å². The number of hydrogen-bond acceptors (Lipinski definition) is 3. The van der Waals surface area contributed by atoms with Crippen LogP contribution in [0.2, 0.25) is 10.0 Å². The molecule has 0 atom stereocenters. The van der Waals surface area contributed by atoms with Crippen LogP contribution in [0.1, 0.15) is 5.56 Å². The molecule has 25 heavy (non-hydrogen) atoms. The van der Waals surface area contributed by atoms with Crippen molar-refractivity contribution < 1.29 is 0 Å². The molecule has 1 aliphatic rings. The molecule has 0 fully saturated rings. The summed E-state index contributed by atoms with van der Waals surface area (Å²) in [6.45, 7) is 0.726. The normalized spacial score (nSPS) is 12.4. The second kappa shape index (κ2) is 5.43. The number of rotatable bonds is 1. The highest BCUT2D eigenvalue weighted by atomic mass is 35.5. The fourth-order valence-corrected chi connectivity index (χ4v) is 4.94. The predicted molar refractivity (Wildman–Crippen MR) is 104 cm³/mol. The van der Waals surface area contributed by atoms with Crippen LogP contribution >= 0.6 is 34.5 Å². The smallest absolute Gasteiger partial charge is 0.282 e. The monoisotopic (exact) mass is 384 g/mol. The van der Waals surface area contributed by atoms with Crippen molar-refractivity contribution >= 4 is 44.8 Å². The van der Waals surface area contributed by atoms with Crippen LogP contribution < -0.4 is 5.56 Å². The van der Waals surface area contributed by atoms with Crippen LogP contribution in [0, 0.1) is 0 Å². The largest absolute Gasteiger partial charge is 0.312 e. The lowest BCUT2D eigenvalue weighted by atomic mass is 10.1. The highest BCUT2D eigenvalue weighted by molar-refractivity contribution is 7.17. The summed E-state index contributed by atoms with van der Waals surface area (Å²) in [5.41, 5.74) is 3.60. The molecule has 3 heterocycles. The van der Waals surface area contributed by atoms with Gasteiger partial charge in [0.15, 0.2) is 0 Å². The molecule has 0 N–H and O–H groups in total. The number of benzene rings is 2. The predicted octanol–water partition coefficient (Wildman–Crippen LogP) is 5.46. The van der Waals surface area contributed by atoms with Crippen molar-refractivity contribution in [1.82, 2.24) is 9.55 Å². The molecule has 5 rings (SSSR count). The molecule has 2 aromatic heterocycles. The summed E-state index contributed by atoms with van der Waals surface area (Å²) >= 11 is 13.9. The molecule has 0 saturated carbocycles. The van der Waals surface area contributed by atoms with Gasteiger partial charge in [-0.15, -0.1) is 11.3 Å². The van der Waals surface area contributed by atoms with Crippen LogP contribution in [0.4, 0.5) is 0 Å². The van der Waals surface area contributed by atoms with Crippen molar-refractivity contribution in [1.29, 1.82) is 0 Å². The van der Waals surface area contributed by atoms with Gasteiger partial charge in [0.25, 0.3) is 5.56 Å². The van der Waals surface area contributed by atoms with Crippen molar-refractivity contribution in [3.63, 3.8) is 0 Å². The van der Waals surface area contributed by atoms with E-state index in [1.54, 1.807) is 23.5 Å². The van der Waals surface area contributed by atoms with Crippen molar-refractivity contribution in [2.45, 2.75) is 6.54 Å². The van der Waals surface area contributed by atoms with Gasteiger partial charge in [-0.3, -0.25) is 4.79 Å². The maximum absolute atomic E-state index is 12.8. The first kappa shape index (κ1) is 15.1. The van der Waals surface area contributed by atoms with Crippen LogP contribution in [-0.2, 0) is 6.54 Å². The Bertz CT molecular complexity index is 1230. The number of halogens is 2. The van der Waals surface area contributed by atoms with Crippen LogP contribution in [0.5, 0.6) is 0 Å². The Balaban J connectivity index is 1.81. The number of nitrogens with zero attached hydrogens (tertiary/aromatic N) is 2. The summed E-state index contributed by atoms with van der Waals surface area (Å²) in [6.07, 6.45) is 0. The van der Waals surface area contributed by atoms with Gasteiger partial charge in [0.1, 0.15) is 10.7 Å². The molecule has 0 unspecified atom stereocenters. The van der Waals surface area contributed by atoms with E-state index >= 15 is 0 Å². The van der Waals surface area contributed by atoms with Crippen LogP contribution in [0.15, 0.2) is 52.6 Å². The van der Waals surface area contributed by atoms with E-state index < -0.39 is 0 Å². The fourth-order valence-electron chi connectivity index (χ4n) is 3.37. The van der Waals surface area contributed by atoms with Crippen LogP contribution in [0.25, 0.3) is 32.7 Å². The Morgan fingerprint density at radius 3 is 2.72 bits per heavy atom. The first-order valence-corrected chi connectivity index (χ1v) is 9.33. The second-order valence-electron chi connectivity index (χ2n) is 5.94. The maximum atomic E-state index is 12.8. The van der Waals surface area contributed by atoms with E-state index in [0.29, 0.717) is 15.4 Å².